The second-order valence-electron chi connectivity index (χ2n) is 6.82. The Balaban J connectivity index is 1.70. The van der Waals surface area contributed by atoms with Gasteiger partial charge in [-0.05, 0) is 37.6 Å². The van der Waals surface area contributed by atoms with Crippen LogP contribution in [-0.2, 0) is 9.53 Å². The molecular formula is C24H20ClNO4. The highest BCUT2D eigenvalue weighted by Gasteiger charge is 2.20. The molecular weight excluding hydrogens is 402 g/mol. The molecule has 152 valence electrons. The molecule has 0 saturated carbocycles. The minimum atomic E-state index is -0.746. The molecule has 0 aliphatic carbocycles. The molecule has 0 spiro atoms. The lowest BCUT2D eigenvalue weighted by Gasteiger charge is -2.11. The summed E-state index contributed by atoms with van der Waals surface area (Å²) in [6.45, 7) is 3.26. The molecule has 3 rings (SSSR count). The Labute approximate surface area is 179 Å². The Morgan fingerprint density at radius 2 is 1.57 bits per heavy atom. The fourth-order valence-electron chi connectivity index (χ4n) is 2.84. The summed E-state index contributed by atoms with van der Waals surface area (Å²) >= 11 is 5.95. The summed E-state index contributed by atoms with van der Waals surface area (Å²) in [6, 6.07) is 18.6. The molecule has 30 heavy (non-hydrogen) atoms. The number of hydrogen-bond acceptors (Lipinski definition) is 4. The maximum Gasteiger partial charge on any atom is 0.339 e. The zero-order valence-corrected chi connectivity index (χ0v) is 17.3. The van der Waals surface area contributed by atoms with Crippen molar-refractivity contribution in [1.29, 1.82) is 0 Å². The second kappa shape index (κ2) is 9.37. The third-order valence-corrected chi connectivity index (χ3v) is 4.75. The van der Waals surface area contributed by atoms with E-state index in [4.69, 9.17) is 16.3 Å². The molecule has 0 fully saturated rings. The van der Waals surface area contributed by atoms with Gasteiger partial charge in [-0.1, -0.05) is 65.7 Å². The van der Waals surface area contributed by atoms with Crippen molar-refractivity contribution in [2.24, 2.45) is 0 Å². The standard InChI is InChI=1S/C24H20ClNO4/c1-15-7-10-17(11-8-15)23(28)19-5-3-4-6-20(19)24(29)30-14-22(27)26-21-13-18(25)12-9-16(21)2/h3-13H,14H2,1-2H3,(H,26,27). The van der Waals surface area contributed by atoms with E-state index in [0.717, 1.165) is 11.1 Å². The van der Waals surface area contributed by atoms with Gasteiger partial charge in [0.2, 0.25) is 0 Å². The van der Waals surface area contributed by atoms with E-state index < -0.39 is 18.5 Å². The van der Waals surface area contributed by atoms with Crippen molar-refractivity contribution in [2.75, 3.05) is 11.9 Å². The van der Waals surface area contributed by atoms with Gasteiger partial charge >= 0.3 is 5.97 Å². The number of ketones is 1. The lowest BCUT2D eigenvalue weighted by Crippen LogP contribution is -2.22. The summed E-state index contributed by atoms with van der Waals surface area (Å²) in [5, 5.41) is 3.14. The molecule has 0 heterocycles. The van der Waals surface area contributed by atoms with E-state index in [1.165, 1.54) is 6.07 Å². The zero-order valence-electron chi connectivity index (χ0n) is 16.6. The molecule has 0 saturated heterocycles. The third-order valence-electron chi connectivity index (χ3n) is 4.51. The first-order valence-corrected chi connectivity index (χ1v) is 9.66. The van der Waals surface area contributed by atoms with Crippen molar-refractivity contribution in [3.8, 4) is 0 Å². The molecule has 0 aliphatic rings. The van der Waals surface area contributed by atoms with E-state index in [1.807, 2.05) is 26.0 Å². The van der Waals surface area contributed by atoms with E-state index in [2.05, 4.69) is 5.32 Å². The number of aryl methyl sites for hydroxylation is 2. The number of anilines is 1. The van der Waals surface area contributed by atoms with Gasteiger partial charge in [0.1, 0.15) is 0 Å². The van der Waals surface area contributed by atoms with Crippen LogP contribution in [0.5, 0.6) is 0 Å². The lowest BCUT2D eigenvalue weighted by atomic mass is 9.98. The first kappa shape index (κ1) is 21.3. The lowest BCUT2D eigenvalue weighted by molar-refractivity contribution is -0.119. The molecule has 1 amide bonds. The highest BCUT2D eigenvalue weighted by molar-refractivity contribution is 6.31. The minimum Gasteiger partial charge on any atom is -0.452 e. The number of benzene rings is 3. The molecule has 1 N–H and O–H groups in total. The molecule has 0 unspecified atom stereocenters. The summed E-state index contributed by atoms with van der Waals surface area (Å²) in [7, 11) is 0. The predicted octanol–water partition coefficient (Wildman–Crippen LogP) is 4.98. The molecule has 5 nitrogen and oxygen atoms in total. The van der Waals surface area contributed by atoms with E-state index in [-0.39, 0.29) is 16.9 Å². The monoisotopic (exact) mass is 421 g/mol. The van der Waals surface area contributed by atoms with Crippen LogP contribution in [0.15, 0.2) is 66.7 Å². The Morgan fingerprint density at radius 3 is 2.27 bits per heavy atom. The molecule has 6 heteroatoms. The maximum absolute atomic E-state index is 12.8. The second-order valence-corrected chi connectivity index (χ2v) is 7.26. The largest absolute Gasteiger partial charge is 0.452 e. The number of nitrogens with one attached hydrogen (secondary N) is 1. The number of esters is 1. The van der Waals surface area contributed by atoms with Gasteiger partial charge in [-0.15, -0.1) is 0 Å². The fourth-order valence-corrected chi connectivity index (χ4v) is 3.02. The van der Waals surface area contributed by atoms with Crippen molar-refractivity contribution in [1.82, 2.24) is 0 Å². The first-order valence-electron chi connectivity index (χ1n) is 9.28. The highest BCUT2D eigenvalue weighted by atomic mass is 35.5. The SMILES string of the molecule is Cc1ccc(C(=O)c2ccccc2C(=O)OCC(=O)Nc2cc(Cl)ccc2C)cc1. The number of ether oxygens (including phenoxy) is 1. The van der Waals surface area contributed by atoms with Crippen LogP contribution in [0.25, 0.3) is 0 Å². The summed E-state index contributed by atoms with van der Waals surface area (Å²) < 4.78 is 5.14. The highest BCUT2D eigenvalue weighted by Crippen LogP contribution is 2.20. The van der Waals surface area contributed by atoms with Crippen molar-refractivity contribution < 1.29 is 19.1 Å². The Kier molecular flexibility index (Phi) is 6.65. The van der Waals surface area contributed by atoms with Gasteiger partial charge < -0.3 is 10.1 Å². The van der Waals surface area contributed by atoms with Crippen LogP contribution in [0, 0.1) is 13.8 Å². The van der Waals surface area contributed by atoms with E-state index in [9.17, 15) is 14.4 Å². The van der Waals surface area contributed by atoms with Gasteiger partial charge in [0.05, 0.1) is 5.56 Å². The topological polar surface area (TPSA) is 72.5 Å². The average molecular weight is 422 g/mol. The zero-order chi connectivity index (χ0) is 21.7. The molecule has 3 aromatic carbocycles. The summed E-state index contributed by atoms with van der Waals surface area (Å²) in [5.74, 6) is -1.54. The van der Waals surface area contributed by atoms with Crippen molar-refractivity contribution in [3.63, 3.8) is 0 Å². The number of halogens is 1. The molecule has 0 atom stereocenters. The van der Waals surface area contributed by atoms with Gasteiger partial charge in [0, 0.05) is 21.8 Å². The molecule has 0 bridgehead atoms. The molecule has 0 aliphatic heterocycles. The van der Waals surface area contributed by atoms with Crippen molar-refractivity contribution in [2.45, 2.75) is 13.8 Å². The van der Waals surface area contributed by atoms with E-state index in [0.29, 0.717) is 16.3 Å². The molecule has 0 aromatic heterocycles. The average Bonchev–Trinajstić information content (AvgIpc) is 2.74. The summed E-state index contributed by atoms with van der Waals surface area (Å²) in [4.78, 5) is 37.6. The first-order chi connectivity index (χ1) is 14.3. The number of carbonyl (C=O) groups excluding carboxylic acids is 3. The van der Waals surface area contributed by atoms with Crippen LogP contribution in [-0.4, -0.2) is 24.3 Å². The number of carbonyl (C=O) groups is 3. The summed E-state index contributed by atoms with van der Waals surface area (Å²) in [5.41, 5.74) is 3.19. The Bertz CT molecular complexity index is 1110. The van der Waals surface area contributed by atoms with Gasteiger partial charge in [-0.2, -0.15) is 0 Å². The molecule has 3 aromatic rings. The van der Waals surface area contributed by atoms with Crippen LogP contribution in [0.4, 0.5) is 5.69 Å². The van der Waals surface area contributed by atoms with Gasteiger partial charge in [-0.3, -0.25) is 9.59 Å². The maximum atomic E-state index is 12.8. The molecule has 0 radical (unpaired) electrons. The number of hydrogen-bond donors (Lipinski definition) is 1. The van der Waals surface area contributed by atoms with Gasteiger partial charge in [-0.25, -0.2) is 4.79 Å². The normalized spacial score (nSPS) is 10.4. The van der Waals surface area contributed by atoms with Gasteiger partial charge in [0.25, 0.3) is 5.91 Å². The number of rotatable bonds is 6. The quantitative estimate of drug-likeness (QED) is 0.450. The van der Waals surface area contributed by atoms with Crippen LogP contribution in [0.1, 0.15) is 37.4 Å². The Morgan fingerprint density at radius 1 is 0.900 bits per heavy atom. The fraction of sp³-hybridized carbons (Fsp3) is 0.125. The van der Waals surface area contributed by atoms with Crippen LogP contribution in [0.3, 0.4) is 0 Å². The van der Waals surface area contributed by atoms with Crippen molar-refractivity contribution in [3.05, 3.63) is 99.6 Å². The van der Waals surface area contributed by atoms with E-state index in [1.54, 1.807) is 48.5 Å². The Hall–Kier alpha value is -3.44. The van der Waals surface area contributed by atoms with Crippen LogP contribution >= 0.6 is 11.6 Å². The smallest absolute Gasteiger partial charge is 0.339 e. The predicted molar refractivity (Wildman–Crippen MR) is 116 cm³/mol. The third kappa shape index (κ3) is 5.13. The van der Waals surface area contributed by atoms with Gasteiger partial charge in [0.15, 0.2) is 12.4 Å². The number of amides is 1. The summed E-state index contributed by atoms with van der Waals surface area (Å²) in [6.07, 6.45) is 0. The van der Waals surface area contributed by atoms with E-state index >= 15 is 0 Å². The minimum absolute atomic E-state index is 0.106. The van der Waals surface area contributed by atoms with Crippen LogP contribution < -0.4 is 5.32 Å². The van der Waals surface area contributed by atoms with Crippen molar-refractivity contribution >= 4 is 34.9 Å². The van der Waals surface area contributed by atoms with Crippen LogP contribution in [0.2, 0.25) is 5.02 Å².